The molecular formula is C16H12Cl2O2. The van der Waals surface area contributed by atoms with Crippen molar-refractivity contribution in [1.29, 1.82) is 0 Å². The Kier molecular flexibility index (Phi) is 5.31. The second-order valence-corrected chi connectivity index (χ2v) is 4.84. The van der Waals surface area contributed by atoms with Crippen LogP contribution in [-0.2, 0) is 6.61 Å². The van der Waals surface area contributed by atoms with Crippen molar-refractivity contribution in [3.05, 3.63) is 63.6 Å². The number of benzene rings is 2. The lowest BCUT2D eigenvalue weighted by Gasteiger charge is -2.07. The number of aliphatic hydroxyl groups excluding tert-OH is 1. The molecule has 0 fully saturated rings. The van der Waals surface area contributed by atoms with Gasteiger partial charge in [0.1, 0.15) is 19.0 Å². The van der Waals surface area contributed by atoms with E-state index in [1.165, 1.54) is 0 Å². The lowest BCUT2D eigenvalue weighted by atomic mass is 10.1. The molecule has 0 spiro atoms. The van der Waals surface area contributed by atoms with Crippen molar-refractivity contribution < 1.29 is 9.84 Å². The van der Waals surface area contributed by atoms with E-state index in [1.54, 1.807) is 18.2 Å². The Bertz CT molecular complexity index is 640. The molecule has 0 saturated carbocycles. The van der Waals surface area contributed by atoms with E-state index in [0.717, 1.165) is 11.1 Å². The monoisotopic (exact) mass is 306 g/mol. The fourth-order valence-corrected chi connectivity index (χ4v) is 1.85. The van der Waals surface area contributed by atoms with E-state index in [9.17, 15) is 0 Å². The van der Waals surface area contributed by atoms with Gasteiger partial charge in [-0.15, -0.1) is 0 Å². The van der Waals surface area contributed by atoms with Crippen LogP contribution in [0.25, 0.3) is 0 Å². The zero-order chi connectivity index (χ0) is 14.4. The number of rotatable bonds is 3. The zero-order valence-corrected chi connectivity index (χ0v) is 12.1. The van der Waals surface area contributed by atoms with E-state index >= 15 is 0 Å². The van der Waals surface area contributed by atoms with E-state index in [0.29, 0.717) is 22.4 Å². The highest BCUT2D eigenvalue weighted by atomic mass is 35.5. The van der Waals surface area contributed by atoms with E-state index < -0.39 is 0 Å². The van der Waals surface area contributed by atoms with Crippen LogP contribution in [0.3, 0.4) is 0 Å². The number of hydrogen-bond acceptors (Lipinski definition) is 2. The van der Waals surface area contributed by atoms with Gasteiger partial charge in [-0.1, -0.05) is 47.2 Å². The third-order valence-electron chi connectivity index (χ3n) is 2.56. The highest BCUT2D eigenvalue weighted by molar-refractivity contribution is 6.42. The second kappa shape index (κ2) is 7.21. The normalized spacial score (nSPS) is 9.75. The largest absolute Gasteiger partial charge is 0.489 e. The molecule has 0 aromatic heterocycles. The molecule has 0 aliphatic rings. The SMILES string of the molecule is OCC#Cc1ccc(COc2ccc(Cl)c(Cl)c2)cc1. The van der Waals surface area contributed by atoms with Crippen LogP contribution in [0.5, 0.6) is 5.75 Å². The summed E-state index contributed by atoms with van der Waals surface area (Å²) in [5, 5.41) is 9.60. The van der Waals surface area contributed by atoms with Crippen molar-refractivity contribution in [2.24, 2.45) is 0 Å². The number of aliphatic hydroxyl groups is 1. The van der Waals surface area contributed by atoms with Crippen molar-refractivity contribution in [1.82, 2.24) is 0 Å². The molecule has 0 amide bonds. The Hall–Kier alpha value is -1.66. The Morgan fingerprint density at radius 3 is 2.40 bits per heavy atom. The summed E-state index contributed by atoms with van der Waals surface area (Å²) < 4.78 is 5.63. The average Bonchev–Trinajstić information content (AvgIpc) is 2.47. The number of hydrogen-bond donors (Lipinski definition) is 1. The maximum absolute atomic E-state index is 8.62. The highest BCUT2D eigenvalue weighted by Gasteiger charge is 2.01. The Balaban J connectivity index is 1.98. The molecule has 0 aliphatic heterocycles. The van der Waals surface area contributed by atoms with Crippen molar-refractivity contribution in [3.8, 4) is 17.6 Å². The minimum Gasteiger partial charge on any atom is -0.489 e. The molecule has 2 nitrogen and oxygen atoms in total. The van der Waals surface area contributed by atoms with Crippen molar-refractivity contribution in [3.63, 3.8) is 0 Å². The lowest BCUT2D eigenvalue weighted by molar-refractivity contribution is 0.306. The van der Waals surface area contributed by atoms with Gasteiger partial charge in [0.2, 0.25) is 0 Å². The van der Waals surface area contributed by atoms with Crippen LogP contribution in [0, 0.1) is 11.8 Å². The predicted molar refractivity (Wildman–Crippen MR) is 81.2 cm³/mol. The fraction of sp³-hybridized carbons (Fsp3) is 0.125. The van der Waals surface area contributed by atoms with Gasteiger partial charge < -0.3 is 9.84 Å². The molecule has 0 unspecified atom stereocenters. The van der Waals surface area contributed by atoms with Gasteiger partial charge in [-0.3, -0.25) is 0 Å². The molecule has 2 rings (SSSR count). The maximum atomic E-state index is 8.62. The predicted octanol–water partition coefficient (Wildman–Crippen LogP) is 3.92. The smallest absolute Gasteiger partial charge is 0.121 e. The first-order valence-electron chi connectivity index (χ1n) is 5.95. The molecule has 0 aliphatic carbocycles. The summed E-state index contributed by atoms with van der Waals surface area (Å²) in [5.41, 5.74) is 1.88. The van der Waals surface area contributed by atoms with Gasteiger partial charge in [-0.25, -0.2) is 0 Å². The highest BCUT2D eigenvalue weighted by Crippen LogP contribution is 2.26. The first-order chi connectivity index (χ1) is 9.69. The summed E-state index contributed by atoms with van der Waals surface area (Å²) in [4.78, 5) is 0. The van der Waals surface area contributed by atoms with Gasteiger partial charge in [0.15, 0.2) is 0 Å². The number of halogens is 2. The molecule has 20 heavy (non-hydrogen) atoms. The first kappa shape index (κ1) is 14.7. The van der Waals surface area contributed by atoms with Crippen LogP contribution in [-0.4, -0.2) is 11.7 Å². The average molecular weight is 307 g/mol. The standard InChI is InChI=1S/C16H12Cl2O2/c17-15-8-7-14(10-16(15)18)20-11-13-5-3-12(4-6-13)2-1-9-19/h3-8,10,19H,9,11H2. The molecule has 0 atom stereocenters. The summed E-state index contributed by atoms with van der Waals surface area (Å²) in [6.45, 7) is 0.299. The zero-order valence-electron chi connectivity index (χ0n) is 10.6. The summed E-state index contributed by atoms with van der Waals surface area (Å²) in [7, 11) is 0. The van der Waals surface area contributed by atoms with Gasteiger partial charge in [-0.2, -0.15) is 0 Å². The van der Waals surface area contributed by atoms with Crippen molar-refractivity contribution in [2.45, 2.75) is 6.61 Å². The first-order valence-corrected chi connectivity index (χ1v) is 6.71. The van der Waals surface area contributed by atoms with Crippen molar-refractivity contribution in [2.75, 3.05) is 6.61 Å². The van der Waals surface area contributed by atoms with Crippen LogP contribution >= 0.6 is 23.2 Å². The summed E-state index contributed by atoms with van der Waals surface area (Å²) in [6, 6.07) is 12.8. The molecule has 2 aromatic rings. The third kappa shape index (κ3) is 4.18. The van der Waals surface area contributed by atoms with E-state index in [4.69, 9.17) is 33.0 Å². The van der Waals surface area contributed by atoms with Crippen molar-refractivity contribution >= 4 is 23.2 Å². The van der Waals surface area contributed by atoms with Gasteiger partial charge in [0.25, 0.3) is 0 Å². The molecule has 0 saturated heterocycles. The van der Waals surface area contributed by atoms with Gasteiger partial charge >= 0.3 is 0 Å². The maximum Gasteiger partial charge on any atom is 0.121 e. The van der Waals surface area contributed by atoms with Crippen LogP contribution in [0.1, 0.15) is 11.1 Å². The summed E-state index contributed by atoms with van der Waals surface area (Å²) >= 11 is 11.8. The van der Waals surface area contributed by atoms with Gasteiger partial charge in [0.05, 0.1) is 10.0 Å². The van der Waals surface area contributed by atoms with Crippen LogP contribution in [0.4, 0.5) is 0 Å². The molecule has 0 bridgehead atoms. The Labute approximate surface area is 127 Å². The minimum atomic E-state index is -0.137. The van der Waals surface area contributed by atoms with Crippen LogP contribution in [0.2, 0.25) is 10.0 Å². The van der Waals surface area contributed by atoms with Gasteiger partial charge in [-0.05, 0) is 29.8 Å². The van der Waals surface area contributed by atoms with Crippen LogP contribution in [0.15, 0.2) is 42.5 Å². The molecule has 0 heterocycles. The minimum absolute atomic E-state index is 0.137. The Morgan fingerprint density at radius 2 is 1.75 bits per heavy atom. The quantitative estimate of drug-likeness (QED) is 0.871. The molecule has 0 radical (unpaired) electrons. The molecule has 102 valence electrons. The number of ether oxygens (including phenoxy) is 1. The summed E-state index contributed by atoms with van der Waals surface area (Å²) in [5.74, 6) is 6.11. The molecular weight excluding hydrogens is 295 g/mol. The fourth-order valence-electron chi connectivity index (χ4n) is 1.56. The van der Waals surface area contributed by atoms with E-state index in [-0.39, 0.29) is 6.61 Å². The summed E-state index contributed by atoms with van der Waals surface area (Å²) in [6.07, 6.45) is 0. The lowest BCUT2D eigenvalue weighted by Crippen LogP contribution is -1.95. The van der Waals surface area contributed by atoms with Gasteiger partial charge in [0, 0.05) is 11.6 Å². The molecule has 1 N–H and O–H groups in total. The van der Waals surface area contributed by atoms with E-state index in [1.807, 2.05) is 24.3 Å². The molecule has 4 heteroatoms. The topological polar surface area (TPSA) is 29.5 Å². The Morgan fingerprint density at radius 1 is 1.00 bits per heavy atom. The van der Waals surface area contributed by atoms with E-state index in [2.05, 4.69) is 11.8 Å². The van der Waals surface area contributed by atoms with Crippen LogP contribution < -0.4 is 4.74 Å². The second-order valence-electron chi connectivity index (χ2n) is 4.02. The third-order valence-corrected chi connectivity index (χ3v) is 3.30. The molecule has 2 aromatic carbocycles.